The summed E-state index contributed by atoms with van der Waals surface area (Å²) < 4.78 is 16.7. The minimum atomic E-state index is -0.493. The van der Waals surface area contributed by atoms with E-state index in [2.05, 4.69) is 4.90 Å². The van der Waals surface area contributed by atoms with Gasteiger partial charge < -0.3 is 23.7 Å². The molecule has 3 heterocycles. The highest BCUT2D eigenvalue weighted by atomic mass is 16.6. The van der Waals surface area contributed by atoms with E-state index in [0.29, 0.717) is 50.7 Å². The second kappa shape index (κ2) is 13.5. The van der Waals surface area contributed by atoms with Crippen LogP contribution in [0.4, 0.5) is 5.69 Å². The first-order chi connectivity index (χ1) is 18.4. The monoisotopic (exact) mass is 528 g/mol. The topological polar surface area (TPSA) is 119 Å². The van der Waals surface area contributed by atoms with Gasteiger partial charge in [-0.15, -0.1) is 0 Å². The van der Waals surface area contributed by atoms with E-state index in [1.807, 2.05) is 6.07 Å². The number of carbonyl (C=O) groups is 2. The van der Waals surface area contributed by atoms with Crippen molar-refractivity contribution in [3.05, 3.63) is 63.6 Å². The van der Waals surface area contributed by atoms with Gasteiger partial charge in [-0.3, -0.25) is 24.6 Å². The molecule has 0 radical (unpaired) electrons. The number of ether oxygens (including phenoxy) is 2. The van der Waals surface area contributed by atoms with Crippen LogP contribution in [0.25, 0.3) is 0 Å². The van der Waals surface area contributed by atoms with Gasteiger partial charge in [-0.1, -0.05) is 6.07 Å². The van der Waals surface area contributed by atoms with Gasteiger partial charge >= 0.3 is 0 Å². The van der Waals surface area contributed by atoms with E-state index in [-0.39, 0.29) is 36.4 Å². The maximum atomic E-state index is 13.6. The summed E-state index contributed by atoms with van der Waals surface area (Å²) in [7, 11) is 0. The third-order valence-electron chi connectivity index (χ3n) is 7.00. The van der Waals surface area contributed by atoms with Crippen molar-refractivity contribution in [1.82, 2.24) is 14.7 Å². The molecule has 0 spiro atoms. The molecule has 0 bridgehead atoms. The molecule has 2 saturated heterocycles. The molecule has 1 atom stereocenters. The predicted molar refractivity (Wildman–Crippen MR) is 139 cm³/mol. The standard InChI is InChI=1S/C27H36N4O7/c1-21-7-8-22(17-25(21)31(34)35)27(33)29(10-4-9-28-11-15-36-16-12-28)20-26(32)30(18-23-5-2-13-37-23)19-24-6-3-14-38-24/h2,5,7-8,13,17,24H,3-4,6,9-12,14-16,18-20H2,1H3. The van der Waals surface area contributed by atoms with Gasteiger partial charge in [0.25, 0.3) is 11.6 Å². The number of nitro benzene ring substituents is 1. The van der Waals surface area contributed by atoms with Crippen LogP contribution in [0.5, 0.6) is 0 Å². The number of rotatable bonds is 12. The average molecular weight is 529 g/mol. The van der Waals surface area contributed by atoms with Crippen molar-refractivity contribution in [1.29, 1.82) is 0 Å². The molecular formula is C27H36N4O7. The van der Waals surface area contributed by atoms with Crippen molar-refractivity contribution in [2.75, 3.05) is 59.1 Å². The first-order valence-electron chi connectivity index (χ1n) is 13.2. The van der Waals surface area contributed by atoms with E-state index in [9.17, 15) is 19.7 Å². The second-order valence-corrected chi connectivity index (χ2v) is 9.78. The van der Waals surface area contributed by atoms with Crippen molar-refractivity contribution in [2.45, 2.75) is 38.8 Å². The molecule has 2 aliphatic heterocycles. The Morgan fingerprint density at radius 1 is 1.16 bits per heavy atom. The predicted octanol–water partition coefficient (Wildman–Crippen LogP) is 2.87. The molecule has 2 amide bonds. The lowest BCUT2D eigenvalue weighted by molar-refractivity contribution is -0.385. The largest absolute Gasteiger partial charge is 0.467 e. The zero-order chi connectivity index (χ0) is 26.9. The number of benzene rings is 1. The molecule has 0 N–H and O–H groups in total. The molecule has 0 saturated carbocycles. The first kappa shape index (κ1) is 27.7. The van der Waals surface area contributed by atoms with Crippen LogP contribution in [0.2, 0.25) is 0 Å². The number of hydrogen-bond acceptors (Lipinski definition) is 8. The van der Waals surface area contributed by atoms with E-state index in [4.69, 9.17) is 13.9 Å². The molecule has 1 aromatic carbocycles. The number of carbonyl (C=O) groups excluding carboxylic acids is 2. The Morgan fingerprint density at radius 3 is 2.66 bits per heavy atom. The molecule has 11 nitrogen and oxygen atoms in total. The van der Waals surface area contributed by atoms with E-state index in [0.717, 1.165) is 32.5 Å². The number of morpholine rings is 1. The highest BCUT2D eigenvalue weighted by Crippen LogP contribution is 2.21. The Labute approximate surface area is 222 Å². The number of furan rings is 1. The number of hydrogen-bond donors (Lipinski definition) is 0. The molecule has 1 aromatic heterocycles. The normalized spacial score (nSPS) is 17.9. The Kier molecular flexibility index (Phi) is 9.85. The van der Waals surface area contributed by atoms with Crippen LogP contribution in [-0.4, -0.2) is 96.6 Å². The molecule has 1 unspecified atom stereocenters. The van der Waals surface area contributed by atoms with Crippen LogP contribution < -0.4 is 0 Å². The second-order valence-electron chi connectivity index (χ2n) is 9.78. The van der Waals surface area contributed by atoms with Gasteiger partial charge in [-0.2, -0.15) is 0 Å². The third-order valence-corrected chi connectivity index (χ3v) is 7.00. The molecule has 206 valence electrons. The summed E-state index contributed by atoms with van der Waals surface area (Å²) in [4.78, 5) is 43.6. The lowest BCUT2D eigenvalue weighted by Crippen LogP contribution is -2.46. The SMILES string of the molecule is Cc1ccc(C(=O)N(CCCN2CCOCC2)CC(=O)N(Cc2ccco2)CC2CCCO2)cc1[N+](=O)[O-]. The third kappa shape index (κ3) is 7.62. The fourth-order valence-corrected chi connectivity index (χ4v) is 4.83. The van der Waals surface area contributed by atoms with Crippen molar-refractivity contribution in [3.8, 4) is 0 Å². The van der Waals surface area contributed by atoms with Gasteiger partial charge in [0.2, 0.25) is 5.91 Å². The summed E-state index contributed by atoms with van der Waals surface area (Å²) in [6.07, 6.45) is 3.99. The van der Waals surface area contributed by atoms with Crippen LogP contribution in [0.15, 0.2) is 41.0 Å². The first-order valence-corrected chi connectivity index (χ1v) is 13.2. The van der Waals surface area contributed by atoms with Crippen molar-refractivity contribution >= 4 is 17.5 Å². The van der Waals surface area contributed by atoms with Crippen molar-refractivity contribution in [3.63, 3.8) is 0 Å². The summed E-state index contributed by atoms with van der Waals surface area (Å²) in [5.41, 5.74) is 0.550. The van der Waals surface area contributed by atoms with Crippen LogP contribution in [0.1, 0.15) is 40.9 Å². The molecular weight excluding hydrogens is 492 g/mol. The summed E-state index contributed by atoms with van der Waals surface area (Å²) in [6.45, 7) is 6.97. The average Bonchev–Trinajstić information content (AvgIpc) is 3.63. The lowest BCUT2D eigenvalue weighted by Gasteiger charge is -2.30. The number of amides is 2. The Bertz CT molecular complexity index is 1080. The minimum absolute atomic E-state index is 0.0564. The van der Waals surface area contributed by atoms with E-state index in [1.54, 1.807) is 36.3 Å². The van der Waals surface area contributed by atoms with Crippen molar-refractivity contribution in [2.24, 2.45) is 0 Å². The molecule has 11 heteroatoms. The fraction of sp³-hybridized carbons (Fsp3) is 0.556. The zero-order valence-electron chi connectivity index (χ0n) is 21.9. The quantitative estimate of drug-likeness (QED) is 0.305. The number of aryl methyl sites for hydroxylation is 1. The summed E-state index contributed by atoms with van der Waals surface area (Å²) in [5.74, 6) is 0.0208. The lowest BCUT2D eigenvalue weighted by atomic mass is 10.1. The van der Waals surface area contributed by atoms with Gasteiger partial charge in [-0.25, -0.2) is 0 Å². The number of nitrogens with zero attached hydrogens (tertiary/aromatic N) is 4. The maximum absolute atomic E-state index is 13.6. The molecule has 2 aromatic rings. The molecule has 38 heavy (non-hydrogen) atoms. The van der Waals surface area contributed by atoms with Crippen LogP contribution in [0.3, 0.4) is 0 Å². The molecule has 0 aliphatic carbocycles. The van der Waals surface area contributed by atoms with E-state index >= 15 is 0 Å². The Morgan fingerprint density at radius 2 is 1.97 bits per heavy atom. The van der Waals surface area contributed by atoms with Crippen LogP contribution in [-0.2, 0) is 20.8 Å². The van der Waals surface area contributed by atoms with Gasteiger partial charge in [0, 0.05) is 56.5 Å². The summed E-state index contributed by atoms with van der Waals surface area (Å²) in [5, 5.41) is 11.5. The molecule has 2 aliphatic rings. The highest BCUT2D eigenvalue weighted by Gasteiger charge is 2.28. The Balaban J connectivity index is 1.50. The minimum Gasteiger partial charge on any atom is -0.467 e. The van der Waals surface area contributed by atoms with Crippen LogP contribution in [0, 0.1) is 17.0 Å². The van der Waals surface area contributed by atoms with Gasteiger partial charge in [0.05, 0.1) is 37.0 Å². The smallest absolute Gasteiger partial charge is 0.273 e. The Hall–Kier alpha value is -3.28. The molecule has 2 fully saturated rings. The maximum Gasteiger partial charge on any atom is 0.273 e. The highest BCUT2D eigenvalue weighted by molar-refractivity contribution is 5.97. The summed E-state index contributed by atoms with van der Waals surface area (Å²) >= 11 is 0. The van der Waals surface area contributed by atoms with Crippen LogP contribution >= 0.6 is 0 Å². The van der Waals surface area contributed by atoms with Gasteiger partial charge in [0.1, 0.15) is 12.3 Å². The van der Waals surface area contributed by atoms with E-state index < -0.39 is 10.8 Å². The molecule has 4 rings (SSSR count). The van der Waals surface area contributed by atoms with Crippen molar-refractivity contribution < 1.29 is 28.4 Å². The van der Waals surface area contributed by atoms with Gasteiger partial charge in [0.15, 0.2) is 0 Å². The van der Waals surface area contributed by atoms with E-state index in [1.165, 1.54) is 11.0 Å². The zero-order valence-corrected chi connectivity index (χ0v) is 21.9. The number of nitro groups is 1. The fourth-order valence-electron chi connectivity index (χ4n) is 4.83. The van der Waals surface area contributed by atoms with Gasteiger partial charge in [-0.05, 0) is 44.4 Å². The summed E-state index contributed by atoms with van der Waals surface area (Å²) in [6, 6.07) is 8.03.